The van der Waals surface area contributed by atoms with Crippen molar-refractivity contribution in [3.63, 3.8) is 0 Å². The number of rotatable bonds is 17. The molecule has 5 atom stereocenters. The molecule has 0 amide bonds. The van der Waals surface area contributed by atoms with Gasteiger partial charge in [-0.1, -0.05) is 295 Å². The minimum Gasteiger partial charge on any atom is -0.327 e. The highest BCUT2D eigenvalue weighted by molar-refractivity contribution is 6.26. The molecule has 15 rings (SSSR count). The van der Waals surface area contributed by atoms with Gasteiger partial charge in [-0.15, -0.1) is 6.58 Å². The van der Waals surface area contributed by atoms with E-state index in [0.29, 0.717) is 5.92 Å². The Bertz CT molecular complexity index is 4840. The summed E-state index contributed by atoms with van der Waals surface area (Å²) in [6, 6.07) is 98.7. The van der Waals surface area contributed by atoms with E-state index >= 15 is 0 Å². The predicted octanol–water partition coefficient (Wildman–Crippen LogP) is 23.4. The normalized spacial score (nSPS) is 15.4. The van der Waals surface area contributed by atoms with Crippen LogP contribution in [-0.4, -0.2) is 0 Å². The number of anilines is 2. The number of para-hydroxylation sites is 1. The van der Waals surface area contributed by atoms with Crippen molar-refractivity contribution >= 4 is 76.0 Å². The highest BCUT2D eigenvalue weighted by Gasteiger charge is 2.51. The van der Waals surface area contributed by atoms with Crippen molar-refractivity contribution in [1.82, 2.24) is 0 Å². The maximum atomic E-state index is 4.87. The third-order valence-electron chi connectivity index (χ3n) is 21.9. The van der Waals surface area contributed by atoms with Gasteiger partial charge in [0.25, 0.3) is 0 Å². The molecule has 430 valence electrons. The van der Waals surface area contributed by atoms with Crippen LogP contribution in [-0.2, 0) is 22.8 Å². The Morgan fingerprint density at radius 1 is 0.455 bits per heavy atom. The summed E-state index contributed by atoms with van der Waals surface area (Å²) in [5, 5.41) is 15.7. The largest absolute Gasteiger partial charge is 0.327 e. The van der Waals surface area contributed by atoms with E-state index < -0.39 is 11.0 Å². The number of fused-ring (bicyclic) bond motifs is 3. The van der Waals surface area contributed by atoms with Crippen LogP contribution >= 0.6 is 0 Å². The van der Waals surface area contributed by atoms with Crippen LogP contribution in [0, 0.1) is 25.7 Å². The smallest absolute Gasteiger partial charge is 0.0881 e. The van der Waals surface area contributed by atoms with Crippen molar-refractivity contribution in [3.05, 3.63) is 323 Å². The molecule has 88 heavy (non-hydrogen) atoms. The first-order chi connectivity index (χ1) is 43.1. The van der Waals surface area contributed by atoms with Gasteiger partial charge < -0.3 is 4.90 Å². The monoisotopic (exact) mass is 1140 g/mol. The van der Waals surface area contributed by atoms with Crippen LogP contribution in [0.3, 0.4) is 0 Å². The number of aryl methyl sites for hydroxylation is 2. The molecule has 1 aliphatic rings. The van der Waals surface area contributed by atoms with E-state index in [1.807, 2.05) is 0 Å². The highest BCUT2D eigenvalue weighted by Crippen LogP contribution is 2.61. The zero-order valence-electron chi connectivity index (χ0n) is 52.0. The number of benzene rings is 14. The fourth-order valence-electron chi connectivity index (χ4n) is 17.3. The molecular formula is C87H77N. The van der Waals surface area contributed by atoms with Gasteiger partial charge in [-0.25, -0.2) is 0 Å². The van der Waals surface area contributed by atoms with Crippen molar-refractivity contribution < 1.29 is 0 Å². The van der Waals surface area contributed by atoms with Crippen LogP contribution in [0.5, 0.6) is 0 Å². The minimum absolute atomic E-state index is 0.204. The molecule has 0 radical (unpaired) electrons. The topological polar surface area (TPSA) is 3.24 Å². The van der Waals surface area contributed by atoms with Crippen molar-refractivity contribution in [2.24, 2.45) is 11.8 Å². The zero-order valence-corrected chi connectivity index (χ0v) is 52.0. The molecule has 0 bridgehead atoms. The average Bonchev–Trinajstić information content (AvgIpc) is 1.43. The third kappa shape index (κ3) is 8.19. The standard InChI is InChI=1S/C87H77N/c1-9-58(7)86(12-4,59(8)77(53-60-21-15-13-16-22-60)72-47-37-65-35-33-61-23-19-25-63-38-48-75(72)83(65)81(61)63)70-46-51-74-73-50-45-69(54-78(73)87(79(74)55-70,67-41-29-56(5)30-42-67)68-43-31-57(6)32-44-68)85(10-2,11-3)88(71-27-17-14-18-28-71)80-52-40-66-36-34-62-24-20-26-64-39-49-76(80)84(66)82(62)64/h10,13-52,54-55,58-59,77H,2,9,11-12,53H2,1,3-8H3. The van der Waals surface area contributed by atoms with Crippen LogP contribution < -0.4 is 4.90 Å². The summed E-state index contributed by atoms with van der Waals surface area (Å²) in [4.78, 5) is 2.61. The van der Waals surface area contributed by atoms with E-state index in [4.69, 9.17) is 6.58 Å². The second-order valence-corrected chi connectivity index (χ2v) is 25.9. The summed E-state index contributed by atoms with van der Waals surface area (Å²) in [6.07, 6.45) is 6.01. The lowest BCUT2D eigenvalue weighted by molar-refractivity contribution is 0.152. The van der Waals surface area contributed by atoms with Crippen LogP contribution in [0.2, 0.25) is 0 Å². The maximum Gasteiger partial charge on any atom is 0.0881 e. The fourth-order valence-corrected chi connectivity index (χ4v) is 17.3. The number of hydrogen-bond donors (Lipinski definition) is 0. The van der Waals surface area contributed by atoms with E-state index in [1.165, 1.54) is 131 Å². The second-order valence-electron chi connectivity index (χ2n) is 25.9. The van der Waals surface area contributed by atoms with Gasteiger partial charge in [0.1, 0.15) is 0 Å². The van der Waals surface area contributed by atoms with Gasteiger partial charge in [-0.05, 0) is 184 Å². The highest BCUT2D eigenvalue weighted by atomic mass is 15.2. The van der Waals surface area contributed by atoms with E-state index in [2.05, 4.69) is 314 Å². The van der Waals surface area contributed by atoms with Gasteiger partial charge in [-0.3, -0.25) is 0 Å². The predicted molar refractivity (Wildman–Crippen MR) is 378 cm³/mol. The van der Waals surface area contributed by atoms with Crippen molar-refractivity contribution in [1.29, 1.82) is 0 Å². The Morgan fingerprint density at radius 3 is 1.47 bits per heavy atom. The Morgan fingerprint density at radius 2 is 0.932 bits per heavy atom. The molecule has 1 heteroatoms. The lowest BCUT2D eigenvalue weighted by atomic mass is 9.55. The van der Waals surface area contributed by atoms with Gasteiger partial charge in [0.2, 0.25) is 0 Å². The molecule has 0 fully saturated rings. The molecule has 14 aromatic rings. The summed E-state index contributed by atoms with van der Waals surface area (Å²) < 4.78 is 0. The van der Waals surface area contributed by atoms with E-state index in [-0.39, 0.29) is 17.3 Å². The third-order valence-corrected chi connectivity index (χ3v) is 21.9. The van der Waals surface area contributed by atoms with Crippen LogP contribution in [0.15, 0.2) is 267 Å². The lowest BCUT2D eigenvalue weighted by Crippen LogP contribution is -2.43. The molecule has 14 aromatic carbocycles. The van der Waals surface area contributed by atoms with Gasteiger partial charge in [0, 0.05) is 16.5 Å². The molecule has 5 unspecified atom stereocenters. The van der Waals surface area contributed by atoms with Gasteiger partial charge >= 0.3 is 0 Å². The summed E-state index contributed by atoms with van der Waals surface area (Å²) in [6.45, 7) is 21.8. The Kier molecular flexibility index (Phi) is 13.5. The van der Waals surface area contributed by atoms with Crippen molar-refractivity contribution in [3.8, 4) is 11.1 Å². The lowest BCUT2D eigenvalue weighted by Gasteiger charge is -2.48. The molecule has 1 nitrogen and oxygen atoms in total. The fraction of sp³-hybridized carbons (Fsp3) is 0.195. The molecule has 0 spiro atoms. The van der Waals surface area contributed by atoms with Crippen molar-refractivity contribution in [2.45, 2.75) is 96.4 Å². The molecule has 0 heterocycles. The number of hydrogen-bond acceptors (Lipinski definition) is 1. The quantitative estimate of drug-likeness (QED) is 0.0649. The summed E-state index contributed by atoms with van der Waals surface area (Å²) in [5.41, 5.74) is 16.5. The average molecular weight is 1140 g/mol. The Labute approximate surface area is 520 Å². The van der Waals surface area contributed by atoms with Crippen LogP contribution in [0.4, 0.5) is 11.4 Å². The first-order valence-electron chi connectivity index (χ1n) is 32.4. The minimum atomic E-state index is -0.687. The molecular weight excluding hydrogens is 1060 g/mol. The summed E-state index contributed by atoms with van der Waals surface area (Å²) >= 11 is 0. The van der Waals surface area contributed by atoms with E-state index in [0.717, 1.165) is 37.1 Å². The molecule has 0 N–H and O–H groups in total. The Balaban J connectivity index is 0.967. The molecule has 1 aliphatic carbocycles. The number of nitrogens with zero attached hydrogens (tertiary/aromatic N) is 1. The first-order valence-corrected chi connectivity index (χ1v) is 32.4. The molecule has 0 saturated carbocycles. The van der Waals surface area contributed by atoms with Crippen molar-refractivity contribution in [2.75, 3.05) is 4.90 Å². The molecule has 0 aromatic heterocycles. The maximum absolute atomic E-state index is 4.87. The van der Waals surface area contributed by atoms with Gasteiger partial charge in [0.05, 0.1) is 16.6 Å². The summed E-state index contributed by atoms with van der Waals surface area (Å²) in [5.74, 6) is 0.790. The van der Waals surface area contributed by atoms with Crippen LogP contribution in [0.25, 0.3) is 75.8 Å². The zero-order chi connectivity index (χ0) is 60.1. The molecule has 0 aliphatic heterocycles. The van der Waals surface area contributed by atoms with Gasteiger partial charge in [0.15, 0.2) is 0 Å². The van der Waals surface area contributed by atoms with E-state index in [1.54, 1.807) is 0 Å². The summed E-state index contributed by atoms with van der Waals surface area (Å²) in [7, 11) is 0. The van der Waals surface area contributed by atoms with E-state index in [9.17, 15) is 0 Å². The second kappa shape index (κ2) is 21.5. The SMILES string of the molecule is C=CC(CC)(c1ccc2c(c1)C(c1ccc(C)cc1)(c1ccc(C)cc1)c1cc(C(CC)(C(C)CC)C(C)C(Cc3ccccc3)c3ccc4ccc5cccc6ccc3c4c56)ccc1-2)N(c1ccccc1)c1ccc2ccc3cccc4ccc1c2c34. The van der Waals surface area contributed by atoms with Crippen LogP contribution in [0.1, 0.15) is 115 Å². The Hall–Kier alpha value is -9.30. The first kappa shape index (κ1) is 55.3. The van der Waals surface area contributed by atoms with Gasteiger partial charge in [-0.2, -0.15) is 0 Å². The molecule has 0 saturated heterocycles.